The largest absolute Gasteiger partial charge is 0.465 e. The average molecular weight is 707 g/mol. The Morgan fingerprint density at radius 3 is 1.06 bits per heavy atom. The predicted molar refractivity (Wildman–Crippen MR) is 198 cm³/mol. The summed E-state index contributed by atoms with van der Waals surface area (Å²) in [5.74, 6) is -1.87. The van der Waals surface area contributed by atoms with Crippen LogP contribution in [-0.4, -0.2) is 76.5 Å². The third-order valence-electron chi connectivity index (χ3n) is 7.39. The minimum absolute atomic E-state index is 0.122. The van der Waals surface area contributed by atoms with Gasteiger partial charge in [0.25, 0.3) is 0 Å². The molecule has 0 aliphatic rings. The van der Waals surface area contributed by atoms with Crippen molar-refractivity contribution in [2.75, 3.05) is 62.4 Å². The molecule has 52 heavy (non-hydrogen) atoms. The number of esters is 4. The fourth-order valence-corrected chi connectivity index (χ4v) is 4.99. The second-order valence-corrected chi connectivity index (χ2v) is 11.0. The molecule has 0 unspecified atom stereocenters. The van der Waals surface area contributed by atoms with E-state index >= 15 is 0 Å². The number of nitriles is 2. The molecule has 0 heterocycles. The van der Waals surface area contributed by atoms with Crippen LogP contribution in [0.15, 0.2) is 60.7 Å². The molecule has 0 spiro atoms. The molecule has 0 radical (unpaired) electrons. The SMILES string of the molecule is CCOC(=O)CN(CC(=O)OCC)c1ccc(/C=C\c2cc(C#N)c(/C=C/c3ccc(N(CC(=O)OCC)CC(=O)OCC)cc3)cc2C#N)cc1. The van der Waals surface area contributed by atoms with Gasteiger partial charge in [0.05, 0.1) is 49.7 Å². The zero-order chi connectivity index (χ0) is 37.9. The molecule has 0 atom stereocenters. The van der Waals surface area contributed by atoms with Gasteiger partial charge in [-0.25, -0.2) is 0 Å². The first-order valence-electron chi connectivity index (χ1n) is 16.8. The molecule has 3 rings (SSSR count). The highest BCUT2D eigenvalue weighted by Crippen LogP contribution is 2.23. The van der Waals surface area contributed by atoms with Crippen LogP contribution in [0.2, 0.25) is 0 Å². The van der Waals surface area contributed by atoms with Crippen molar-refractivity contribution in [3.63, 3.8) is 0 Å². The molecule has 0 aliphatic heterocycles. The Labute approximate surface area is 304 Å². The van der Waals surface area contributed by atoms with Gasteiger partial charge in [-0.2, -0.15) is 10.5 Å². The van der Waals surface area contributed by atoms with E-state index in [9.17, 15) is 29.7 Å². The summed E-state index contributed by atoms with van der Waals surface area (Å²) in [7, 11) is 0. The molecule has 0 aromatic heterocycles. The van der Waals surface area contributed by atoms with Crippen molar-refractivity contribution in [2.45, 2.75) is 27.7 Å². The van der Waals surface area contributed by atoms with Crippen molar-refractivity contribution in [2.24, 2.45) is 0 Å². The van der Waals surface area contributed by atoms with Gasteiger partial charge in [0.2, 0.25) is 0 Å². The number of carbonyl (C=O) groups is 4. The Balaban J connectivity index is 1.80. The maximum Gasteiger partial charge on any atom is 0.325 e. The lowest BCUT2D eigenvalue weighted by Crippen LogP contribution is -2.36. The number of rotatable bonds is 18. The van der Waals surface area contributed by atoms with Crippen LogP contribution < -0.4 is 9.80 Å². The van der Waals surface area contributed by atoms with Crippen LogP contribution in [0.25, 0.3) is 24.3 Å². The first-order chi connectivity index (χ1) is 25.1. The lowest BCUT2D eigenvalue weighted by atomic mass is 9.97. The summed E-state index contributed by atoms with van der Waals surface area (Å²) >= 11 is 0. The number of benzene rings is 3. The first kappa shape index (κ1) is 40.0. The molecule has 0 saturated heterocycles. The molecule has 0 saturated carbocycles. The van der Waals surface area contributed by atoms with E-state index in [0.29, 0.717) is 33.6 Å². The number of ether oxygens (including phenoxy) is 4. The molecule has 0 N–H and O–H groups in total. The van der Waals surface area contributed by atoms with Crippen LogP contribution in [0.5, 0.6) is 0 Å². The molecule has 0 fully saturated rings. The normalized spacial score (nSPS) is 10.7. The second kappa shape index (κ2) is 21.0. The highest BCUT2D eigenvalue weighted by Gasteiger charge is 2.18. The van der Waals surface area contributed by atoms with E-state index in [1.165, 1.54) is 0 Å². The molecule has 12 heteroatoms. The zero-order valence-corrected chi connectivity index (χ0v) is 29.8. The van der Waals surface area contributed by atoms with E-state index in [4.69, 9.17) is 18.9 Å². The van der Waals surface area contributed by atoms with Crippen molar-refractivity contribution in [3.8, 4) is 12.1 Å². The maximum absolute atomic E-state index is 12.2. The zero-order valence-electron chi connectivity index (χ0n) is 29.8. The quantitative estimate of drug-likeness (QED) is 0.0912. The molecular formula is C40H42N4O8. The van der Waals surface area contributed by atoms with Gasteiger partial charge in [-0.15, -0.1) is 0 Å². The van der Waals surface area contributed by atoms with Crippen molar-refractivity contribution in [1.29, 1.82) is 10.5 Å². The fraction of sp³-hybridized carbons (Fsp3) is 0.300. The predicted octanol–water partition coefficient (Wildman–Crippen LogP) is 5.64. The summed E-state index contributed by atoms with van der Waals surface area (Å²) in [6.07, 6.45) is 7.08. The third kappa shape index (κ3) is 12.5. The molecule has 270 valence electrons. The summed E-state index contributed by atoms with van der Waals surface area (Å²) in [6, 6.07) is 22.0. The molecular weight excluding hydrogens is 664 g/mol. The topological polar surface area (TPSA) is 159 Å². The van der Waals surface area contributed by atoms with Crippen LogP contribution in [0, 0.1) is 22.7 Å². The van der Waals surface area contributed by atoms with E-state index < -0.39 is 23.9 Å². The van der Waals surface area contributed by atoms with Gasteiger partial charge >= 0.3 is 23.9 Å². The molecule has 0 aliphatic carbocycles. The van der Waals surface area contributed by atoms with Crippen LogP contribution in [0.1, 0.15) is 61.1 Å². The van der Waals surface area contributed by atoms with Gasteiger partial charge in [0.15, 0.2) is 0 Å². The Hall–Kier alpha value is -6.40. The van der Waals surface area contributed by atoms with Gasteiger partial charge in [-0.3, -0.25) is 19.2 Å². The van der Waals surface area contributed by atoms with Gasteiger partial charge in [-0.05, 0) is 86.3 Å². The second-order valence-electron chi connectivity index (χ2n) is 11.0. The first-order valence-corrected chi connectivity index (χ1v) is 16.8. The molecule has 12 nitrogen and oxygen atoms in total. The van der Waals surface area contributed by atoms with Crippen LogP contribution in [-0.2, 0) is 38.1 Å². The molecule has 0 bridgehead atoms. The van der Waals surface area contributed by atoms with Gasteiger partial charge < -0.3 is 28.7 Å². The summed E-state index contributed by atoms with van der Waals surface area (Å²) in [6.45, 7) is 7.24. The minimum atomic E-state index is -0.466. The van der Waals surface area contributed by atoms with Crippen LogP contribution in [0.4, 0.5) is 11.4 Å². The van der Waals surface area contributed by atoms with Crippen molar-refractivity contribution in [1.82, 2.24) is 0 Å². The Morgan fingerprint density at radius 2 is 0.808 bits per heavy atom. The monoisotopic (exact) mass is 706 g/mol. The van der Waals surface area contributed by atoms with Crippen molar-refractivity contribution >= 4 is 59.6 Å². The smallest absolute Gasteiger partial charge is 0.325 e. The number of carbonyl (C=O) groups excluding carboxylic acids is 4. The van der Waals surface area contributed by atoms with Crippen LogP contribution >= 0.6 is 0 Å². The van der Waals surface area contributed by atoms with E-state index in [-0.39, 0.29) is 52.6 Å². The van der Waals surface area contributed by atoms with E-state index in [1.807, 2.05) is 24.3 Å². The third-order valence-corrected chi connectivity index (χ3v) is 7.39. The Bertz CT molecular complexity index is 1660. The van der Waals surface area contributed by atoms with Crippen LogP contribution in [0.3, 0.4) is 0 Å². The Morgan fingerprint density at radius 1 is 0.519 bits per heavy atom. The lowest BCUT2D eigenvalue weighted by molar-refractivity contribution is -0.144. The Kier molecular flexibility index (Phi) is 16.1. The summed E-state index contributed by atoms with van der Waals surface area (Å²) in [5.41, 5.74) is 4.66. The molecule has 3 aromatic carbocycles. The van der Waals surface area contributed by atoms with Gasteiger partial charge in [-0.1, -0.05) is 48.6 Å². The summed E-state index contributed by atoms with van der Waals surface area (Å²) in [5, 5.41) is 19.9. The minimum Gasteiger partial charge on any atom is -0.465 e. The number of hydrogen-bond acceptors (Lipinski definition) is 12. The van der Waals surface area contributed by atoms with Crippen molar-refractivity contribution in [3.05, 3.63) is 94.0 Å². The summed E-state index contributed by atoms with van der Waals surface area (Å²) in [4.78, 5) is 51.8. The molecule has 3 aromatic rings. The molecule has 0 amide bonds. The number of hydrogen-bond donors (Lipinski definition) is 0. The highest BCUT2D eigenvalue weighted by molar-refractivity contribution is 5.84. The number of anilines is 2. The maximum atomic E-state index is 12.2. The van der Waals surface area contributed by atoms with E-state index in [1.54, 1.807) is 98.2 Å². The lowest BCUT2D eigenvalue weighted by Gasteiger charge is -2.22. The number of nitrogens with zero attached hydrogens (tertiary/aromatic N) is 4. The standard InChI is InChI=1S/C40H42N4O8/c1-5-49-37(45)25-43(26-38(46)50-6-2)35-17-11-29(12-18-35)9-15-31-21-34(24-42)32(22-33(31)23-41)16-10-30-13-19-36(20-14-30)44(27-39(47)51-7-3)28-40(48)52-8-4/h9-22H,5-8,25-28H2,1-4H3/b15-9-,16-10+. The van der Waals surface area contributed by atoms with Crippen molar-refractivity contribution < 1.29 is 38.1 Å². The van der Waals surface area contributed by atoms with E-state index in [2.05, 4.69) is 12.1 Å². The van der Waals surface area contributed by atoms with Gasteiger partial charge in [0, 0.05) is 11.4 Å². The average Bonchev–Trinajstić information content (AvgIpc) is 3.13. The van der Waals surface area contributed by atoms with Gasteiger partial charge in [0.1, 0.15) is 26.2 Å². The van der Waals surface area contributed by atoms with E-state index in [0.717, 1.165) is 11.1 Å². The summed E-state index contributed by atoms with van der Waals surface area (Å²) < 4.78 is 20.2. The fourth-order valence-electron chi connectivity index (χ4n) is 4.99. The highest BCUT2D eigenvalue weighted by atomic mass is 16.5.